The molecule has 4 heteroatoms. The van der Waals surface area contributed by atoms with E-state index < -0.39 is 0 Å². The molecule has 0 aliphatic carbocycles. The maximum atomic E-state index is 5.02. The van der Waals surface area contributed by atoms with Crippen LogP contribution in [0.15, 0.2) is 11.2 Å². The number of rotatable bonds is 2. The van der Waals surface area contributed by atoms with Crippen LogP contribution in [-0.2, 0) is 6.42 Å². The Morgan fingerprint density at radius 3 is 2.58 bits per heavy atom. The van der Waals surface area contributed by atoms with E-state index in [1.165, 1.54) is 0 Å². The summed E-state index contributed by atoms with van der Waals surface area (Å²) in [6.45, 7) is 7.04. The van der Waals surface area contributed by atoms with Crippen LogP contribution in [0, 0.1) is 14.5 Å². The van der Waals surface area contributed by atoms with Crippen LogP contribution in [0.5, 0.6) is 0 Å². The number of aromatic nitrogens is 2. The Morgan fingerprint density at radius 1 is 1.75 bits per heavy atom. The van der Waals surface area contributed by atoms with E-state index in [9.17, 15) is 0 Å². The van der Waals surface area contributed by atoms with Crippen LogP contribution in [0.4, 0.5) is 5.95 Å². The molecule has 0 unspecified atom stereocenters. The minimum atomic E-state index is 0. The van der Waals surface area contributed by atoms with Crippen molar-refractivity contribution in [1.82, 2.24) is 9.55 Å². The maximum Gasteiger partial charge on any atom is 1.00 e. The minimum Gasteiger partial charge on any atom is -0.457 e. The number of hydrogen-bond acceptors (Lipinski definition) is 2. The van der Waals surface area contributed by atoms with E-state index in [-0.39, 0.29) is 58.8 Å². The van der Waals surface area contributed by atoms with Crippen LogP contribution in [0.25, 0.3) is 0 Å². The van der Waals surface area contributed by atoms with Crippen LogP contribution >= 0.6 is 0 Å². The van der Waals surface area contributed by atoms with Gasteiger partial charge < -0.3 is 17.0 Å². The van der Waals surface area contributed by atoms with E-state index in [1.54, 1.807) is 4.57 Å². The summed E-state index contributed by atoms with van der Waals surface area (Å²) in [6, 6.07) is 0. The van der Waals surface area contributed by atoms with Crippen molar-refractivity contribution in [2.24, 2.45) is 4.99 Å². The molecule has 0 amide bonds. The van der Waals surface area contributed by atoms with Gasteiger partial charge in [-0.05, 0) is 12.1 Å². The van der Waals surface area contributed by atoms with Crippen LogP contribution in [-0.4, -0.2) is 16.3 Å². The van der Waals surface area contributed by atoms with Crippen LogP contribution < -0.4 is 51.4 Å². The molecule has 3 nitrogen and oxygen atoms in total. The van der Waals surface area contributed by atoms with Gasteiger partial charge in [0.1, 0.15) is 0 Å². The second kappa shape index (κ2) is 6.85. The Balaban J connectivity index is 0. The molecule has 0 radical (unpaired) electrons. The number of aliphatic imine (C=N–C) groups is 1. The fourth-order valence-corrected chi connectivity index (χ4v) is 0.733. The summed E-state index contributed by atoms with van der Waals surface area (Å²) in [7, 11) is 3.64. The quantitative estimate of drug-likeness (QED) is 0.325. The van der Waals surface area contributed by atoms with Gasteiger partial charge in [0, 0.05) is 0 Å². The first-order chi connectivity index (χ1) is 4.77. The van der Waals surface area contributed by atoms with Crippen molar-refractivity contribution in [3.05, 3.63) is 26.4 Å². The van der Waals surface area contributed by atoms with Gasteiger partial charge in [0.15, 0.2) is 0 Å². The smallest absolute Gasteiger partial charge is 0.457 e. The summed E-state index contributed by atoms with van der Waals surface area (Å²) in [5.74, 6) is 0.469. The third kappa shape index (κ3) is 3.41. The Morgan fingerprint density at radius 2 is 2.33 bits per heavy atom. The van der Waals surface area contributed by atoms with Crippen molar-refractivity contribution in [2.45, 2.75) is 13.3 Å². The standard InChI is InChI=1S/C7H9N3.CH3.K/c1-4-6-5-10(3)7(8-2)9-6;;/h2,5H,3-4H2,1H3;1H3;/q-2;-1;+1. The predicted octanol–water partition coefficient (Wildman–Crippen LogP) is -1.25. The second-order valence-electron chi connectivity index (χ2n) is 1.98. The zero-order chi connectivity index (χ0) is 7.56. The normalized spacial score (nSPS) is 8.08. The van der Waals surface area contributed by atoms with Gasteiger partial charge in [-0.15, -0.1) is 7.05 Å². The zero-order valence-electron chi connectivity index (χ0n) is 7.91. The summed E-state index contributed by atoms with van der Waals surface area (Å²) in [5.41, 5.74) is 0.958. The molecule has 1 heterocycles. The largest absolute Gasteiger partial charge is 1.00 e. The molecule has 62 valence electrons. The van der Waals surface area contributed by atoms with Gasteiger partial charge in [0.25, 0.3) is 0 Å². The average Bonchev–Trinajstić information content (AvgIpc) is 2.30. The Bertz CT molecular complexity index is 242. The van der Waals surface area contributed by atoms with Crippen molar-refractivity contribution in [3.8, 4) is 0 Å². The first-order valence-corrected chi connectivity index (χ1v) is 3.08. The SMILES string of the molecule is [CH-]=Nc1nc(CC)cn1[CH2-].[CH3-].[K+]. The van der Waals surface area contributed by atoms with E-state index in [1.807, 2.05) is 13.1 Å². The Hall–Kier alpha value is 0.386. The summed E-state index contributed by atoms with van der Waals surface area (Å²) >= 11 is 0. The summed E-state index contributed by atoms with van der Waals surface area (Å²) in [4.78, 5) is 7.48. The van der Waals surface area contributed by atoms with Crippen LogP contribution in [0.1, 0.15) is 12.6 Å². The average molecular weight is 189 g/mol. The van der Waals surface area contributed by atoms with Crippen molar-refractivity contribution in [2.75, 3.05) is 0 Å². The van der Waals surface area contributed by atoms with Crippen LogP contribution in [0.2, 0.25) is 0 Å². The molecule has 0 aromatic carbocycles. The number of imidazole rings is 1. The topological polar surface area (TPSA) is 30.2 Å². The number of aryl methyl sites for hydroxylation is 1. The van der Waals surface area contributed by atoms with Crippen molar-refractivity contribution < 1.29 is 51.4 Å². The molecule has 12 heavy (non-hydrogen) atoms. The van der Waals surface area contributed by atoms with E-state index >= 15 is 0 Å². The summed E-state index contributed by atoms with van der Waals surface area (Å²) in [5, 5.41) is 0. The first-order valence-electron chi connectivity index (χ1n) is 3.08. The third-order valence-electron chi connectivity index (χ3n) is 1.28. The van der Waals surface area contributed by atoms with Gasteiger partial charge >= 0.3 is 51.4 Å². The molecule has 1 aromatic rings. The molecule has 0 N–H and O–H groups in total. The Kier molecular flexibility index (Phi) is 8.50. The third-order valence-corrected chi connectivity index (χ3v) is 1.28. The van der Waals surface area contributed by atoms with Gasteiger partial charge in [-0.25, -0.2) is 0 Å². The molecule has 0 atom stereocenters. The predicted molar refractivity (Wildman–Crippen MR) is 46.9 cm³/mol. The van der Waals surface area contributed by atoms with Gasteiger partial charge in [0.2, 0.25) is 0 Å². The molecule has 0 fully saturated rings. The monoisotopic (exact) mass is 189 g/mol. The zero-order valence-corrected chi connectivity index (χ0v) is 11.0. The first kappa shape index (κ1) is 14.9. The molecule has 1 aromatic heterocycles. The van der Waals surface area contributed by atoms with Crippen molar-refractivity contribution in [1.29, 1.82) is 0 Å². The molecule has 0 aliphatic rings. The fourth-order valence-electron chi connectivity index (χ4n) is 0.733. The fraction of sp³-hybridized carbons (Fsp3) is 0.250. The molecular formula is C8H12KN3-2. The van der Waals surface area contributed by atoms with Crippen molar-refractivity contribution in [3.63, 3.8) is 0 Å². The number of hydrogen-bond donors (Lipinski definition) is 0. The summed E-state index contributed by atoms with van der Waals surface area (Å²) < 4.78 is 1.55. The second-order valence-corrected chi connectivity index (χ2v) is 1.98. The van der Waals surface area contributed by atoms with Gasteiger partial charge in [-0.2, -0.15) is 6.72 Å². The summed E-state index contributed by atoms with van der Waals surface area (Å²) in [6.07, 6.45) is 2.69. The number of nitrogens with zero attached hydrogens (tertiary/aromatic N) is 3. The van der Waals surface area contributed by atoms with Gasteiger partial charge in [-0.1, -0.05) is 13.1 Å². The van der Waals surface area contributed by atoms with E-state index in [2.05, 4.69) is 17.0 Å². The molecule has 0 aliphatic heterocycles. The maximum absolute atomic E-state index is 5.02. The van der Waals surface area contributed by atoms with Gasteiger partial charge in [-0.3, -0.25) is 4.98 Å². The molecule has 0 saturated carbocycles. The molecule has 0 saturated heterocycles. The van der Waals surface area contributed by atoms with E-state index in [4.69, 9.17) is 6.72 Å². The molecule has 1 rings (SSSR count). The molecule has 0 spiro atoms. The van der Waals surface area contributed by atoms with E-state index in [0.29, 0.717) is 5.95 Å². The Labute approximate surface area is 117 Å². The van der Waals surface area contributed by atoms with E-state index in [0.717, 1.165) is 12.1 Å². The van der Waals surface area contributed by atoms with Gasteiger partial charge in [0.05, 0.1) is 5.95 Å². The molecule has 0 bridgehead atoms. The molecular weight excluding hydrogens is 177 g/mol. The minimum absolute atomic E-state index is 0. The van der Waals surface area contributed by atoms with Crippen LogP contribution in [0.3, 0.4) is 0 Å². The van der Waals surface area contributed by atoms with Crippen molar-refractivity contribution >= 4 is 12.7 Å².